The van der Waals surface area contributed by atoms with Gasteiger partial charge < -0.3 is 13.7 Å². The van der Waals surface area contributed by atoms with Gasteiger partial charge >= 0.3 is 0 Å². The van der Waals surface area contributed by atoms with Gasteiger partial charge in [-0.1, -0.05) is 6.42 Å². The highest BCUT2D eigenvalue weighted by Gasteiger charge is 2.54. The minimum atomic E-state index is -1.85. The van der Waals surface area contributed by atoms with Crippen molar-refractivity contribution in [2.45, 2.75) is 64.0 Å². The first-order chi connectivity index (χ1) is 10.3. The van der Waals surface area contributed by atoms with Gasteiger partial charge in [0, 0.05) is 23.3 Å². The van der Waals surface area contributed by atoms with E-state index in [9.17, 15) is 5.21 Å². The molecule has 2 heterocycles. The van der Waals surface area contributed by atoms with Gasteiger partial charge in [-0.25, -0.2) is 0 Å². The van der Waals surface area contributed by atoms with E-state index in [1.807, 2.05) is 13.0 Å². The predicted octanol–water partition coefficient (Wildman–Crippen LogP) is 4.02. The standard InChI is InChI=1S/C16H25NO4Si/c1-12-15(13-8-10-19-11-13)14-7-5-6-9-16(14,20-17(12)18)21-22(2,3)4/h8,10-11,14-15H,5-7,9H2,1-4H3/t14-,15+,16+/m0/s1. The molecule has 3 rings (SSSR count). The van der Waals surface area contributed by atoms with E-state index in [4.69, 9.17) is 13.7 Å². The molecule has 0 spiro atoms. The lowest BCUT2D eigenvalue weighted by molar-refractivity contribution is -0.791. The molecule has 0 bridgehead atoms. The van der Waals surface area contributed by atoms with Gasteiger partial charge in [0.2, 0.25) is 5.71 Å². The Labute approximate surface area is 132 Å². The van der Waals surface area contributed by atoms with Crippen LogP contribution in [0.4, 0.5) is 0 Å². The Hall–Kier alpha value is -1.27. The normalized spacial score (nSPS) is 32.5. The molecule has 2 aliphatic rings. The molecule has 0 radical (unpaired) electrons. The Morgan fingerprint density at radius 3 is 2.77 bits per heavy atom. The molecule has 122 valence electrons. The van der Waals surface area contributed by atoms with Crippen LogP contribution in [-0.4, -0.2) is 24.7 Å². The molecule has 5 nitrogen and oxygen atoms in total. The summed E-state index contributed by atoms with van der Waals surface area (Å²) in [5, 5.41) is 12.4. The molecule has 6 heteroatoms. The van der Waals surface area contributed by atoms with E-state index in [0.717, 1.165) is 31.2 Å². The van der Waals surface area contributed by atoms with Crippen molar-refractivity contribution in [1.29, 1.82) is 0 Å². The average Bonchev–Trinajstić information content (AvgIpc) is 2.92. The summed E-state index contributed by atoms with van der Waals surface area (Å²) >= 11 is 0. The fourth-order valence-electron chi connectivity index (χ4n) is 3.88. The molecule has 1 aromatic heterocycles. The third-order valence-corrected chi connectivity index (χ3v) is 5.57. The van der Waals surface area contributed by atoms with Crippen molar-refractivity contribution < 1.29 is 18.6 Å². The van der Waals surface area contributed by atoms with Gasteiger partial charge in [0.25, 0.3) is 0 Å². The third kappa shape index (κ3) is 2.70. The van der Waals surface area contributed by atoms with Crippen molar-refractivity contribution in [3.8, 4) is 0 Å². The summed E-state index contributed by atoms with van der Waals surface area (Å²) in [4.78, 5) is 6.50. The quantitative estimate of drug-likeness (QED) is 0.623. The van der Waals surface area contributed by atoms with Crippen molar-refractivity contribution in [3.05, 3.63) is 29.4 Å². The van der Waals surface area contributed by atoms with Gasteiger partial charge in [0.1, 0.15) is 0 Å². The summed E-state index contributed by atoms with van der Waals surface area (Å²) in [6.07, 6.45) is 7.36. The number of hydrogen-bond donors (Lipinski definition) is 0. The second-order valence-electron chi connectivity index (χ2n) is 7.40. The number of furan rings is 1. The minimum absolute atomic E-state index is 0.00153. The summed E-state index contributed by atoms with van der Waals surface area (Å²) in [5.74, 6) is -0.622. The highest BCUT2D eigenvalue weighted by atomic mass is 28.4. The van der Waals surface area contributed by atoms with Crippen LogP contribution in [0.5, 0.6) is 0 Å². The fraction of sp³-hybridized carbons (Fsp3) is 0.688. The van der Waals surface area contributed by atoms with Crippen LogP contribution in [0.2, 0.25) is 19.6 Å². The molecular weight excluding hydrogens is 298 g/mol. The molecule has 1 saturated carbocycles. The lowest BCUT2D eigenvalue weighted by atomic mass is 9.71. The first-order valence-electron chi connectivity index (χ1n) is 8.04. The average molecular weight is 323 g/mol. The molecule has 0 N–H and O–H groups in total. The van der Waals surface area contributed by atoms with Crippen molar-refractivity contribution in [3.63, 3.8) is 0 Å². The van der Waals surface area contributed by atoms with E-state index in [1.165, 1.54) is 0 Å². The first kappa shape index (κ1) is 15.6. The maximum atomic E-state index is 12.4. The van der Waals surface area contributed by atoms with E-state index in [1.54, 1.807) is 12.5 Å². The van der Waals surface area contributed by atoms with E-state index in [0.29, 0.717) is 10.6 Å². The molecule has 1 fully saturated rings. The van der Waals surface area contributed by atoms with Gasteiger partial charge in [-0.3, -0.25) is 5.21 Å². The number of fused-ring (bicyclic) bond motifs is 1. The zero-order chi connectivity index (χ0) is 16.0. The summed E-state index contributed by atoms with van der Waals surface area (Å²) < 4.78 is 11.7. The Balaban J connectivity index is 2.05. The predicted molar refractivity (Wildman–Crippen MR) is 86.0 cm³/mol. The molecule has 22 heavy (non-hydrogen) atoms. The van der Waals surface area contributed by atoms with Gasteiger partial charge in [-0.2, -0.15) is 0 Å². The van der Waals surface area contributed by atoms with Gasteiger partial charge in [0.15, 0.2) is 14.1 Å². The molecule has 1 aromatic rings. The van der Waals surface area contributed by atoms with Crippen LogP contribution in [-0.2, 0) is 9.26 Å². The second-order valence-corrected chi connectivity index (χ2v) is 11.8. The van der Waals surface area contributed by atoms with Crippen LogP contribution in [0.1, 0.15) is 44.1 Å². The van der Waals surface area contributed by atoms with Gasteiger partial charge in [-0.05, 0) is 45.0 Å². The minimum Gasteiger partial charge on any atom is -0.472 e. The Morgan fingerprint density at radius 2 is 2.14 bits per heavy atom. The van der Waals surface area contributed by atoms with E-state index in [-0.39, 0.29) is 11.8 Å². The molecular formula is C16H25NO4Si. The lowest BCUT2D eigenvalue weighted by Gasteiger charge is -2.52. The summed E-state index contributed by atoms with van der Waals surface area (Å²) in [6.45, 7) is 8.27. The zero-order valence-corrected chi connectivity index (χ0v) is 14.8. The van der Waals surface area contributed by atoms with Crippen LogP contribution in [0, 0.1) is 11.1 Å². The highest BCUT2D eigenvalue weighted by molar-refractivity contribution is 6.69. The summed E-state index contributed by atoms with van der Waals surface area (Å²) in [7, 11) is -1.85. The largest absolute Gasteiger partial charge is 0.472 e. The second kappa shape index (κ2) is 5.42. The van der Waals surface area contributed by atoms with Gasteiger partial charge in [0.05, 0.1) is 18.4 Å². The molecule has 0 aromatic carbocycles. The zero-order valence-electron chi connectivity index (χ0n) is 13.8. The Morgan fingerprint density at radius 1 is 1.36 bits per heavy atom. The van der Waals surface area contributed by atoms with Crippen LogP contribution in [0.25, 0.3) is 0 Å². The van der Waals surface area contributed by atoms with Crippen molar-refractivity contribution >= 4 is 14.0 Å². The SMILES string of the molecule is CC1=[N+]([O-])O[C@@]2(O[Si](C)(C)C)CCCC[C@H]2[C@H]1c1ccoc1. The monoisotopic (exact) mass is 323 g/mol. The molecule has 0 unspecified atom stereocenters. The molecule has 1 aliphatic heterocycles. The Kier molecular flexibility index (Phi) is 3.85. The topological polar surface area (TPSA) is 57.7 Å². The number of nitrogens with zero attached hydrogens (tertiary/aromatic N) is 1. The maximum absolute atomic E-state index is 12.4. The van der Waals surface area contributed by atoms with E-state index in [2.05, 4.69) is 19.6 Å². The summed E-state index contributed by atoms with van der Waals surface area (Å²) in [5.41, 5.74) is 1.72. The lowest BCUT2D eigenvalue weighted by Crippen LogP contribution is -2.58. The van der Waals surface area contributed by atoms with Crippen LogP contribution in [0.3, 0.4) is 0 Å². The van der Waals surface area contributed by atoms with Crippen LogP contribution < -0.4 is 0 Å². The van der Waals surface area contributed by atoms with Crippen molar-refractivity contribution in [2.75, 3.05) is 0 Å². The number of hydrogen-bond acceptors (Lipinski definition) is 4. The van der Waals surface area contributed by atoms with Crippen LogP contribution in [0.15, 0.2) is 23.0 Å². The van der Waals surface area contributed by atoms with E-state index >= 15 is 0 Å². The molecule has 0 amide bonds. The number of rotatable bonds is 3. The smallest absolute Gasteiger partial charge is 0.226 e. The Bertz CT molecular complexity index is 563. The maximum Gasteiger partial charge on any atom is 0.226 e. The fourth-order valence-corrected chi connectivity index (χ4v) is 5.21. The van der Waals surface area contributed by atoms with E-state index < -0.39 is 14.1 Å². The molecule has 0 saturated heterocycles. The highest BCUT2D eigenvalue weighted by Crippen LogP contribution is 2.49. The third-order valence-electron chi connectivity index (χ3n) is 4.61. The van der Waals surface area contributed by atoms with Crippen molar-refractivity contribution in [1.82, 2.24) is 0 Å². The molecule has 1 aliphatic carbocycles. The first-order valence-corrected chi connectivity index (χ1v) is 11.5. The van der Waals surface area contributed by atoms with Crippen LogP contribution >= 0.6 is 0 Å². The summed E-state index contributed by atoms with van der Waals surface area (Å²) in [6, 6.07) is 1.95. The van der Waals surface area contributed by atoms with Crippen molar-refractivity contribution in [2.24, 2.45) is 5.92 Å². The molecule has 3 atom stereocenters. The van der Waals surface area contributed by atoms with Gasteiger partial charge in [-0.15, -0.1) is 0 Å².